The summed E-state index contributed by atoms with van der Waals surface area (Å²) in [5, 5.41) is 3.10. The average molecular weight is 411 g/mol. The molecule has 0 radical (unpaired) electrons. The normalized spacial score (nSPS) is 18.2. The summed E-state index contributed by atoms with van der Waals surface area (Å²) >= 11 is 5.84. The van der Waals surface area contributed by atoms with Gasteiger partial charge in [-0.1, -0.05) is 36.2 Å². The SMILES string of the molecule is O=C(NCc1ccccc1F)[C@@H]1CCCCN1S(=O)(=O)c1ccc(Cl)cc1. The molecule has 1 atom stereocenters. The highest BCUT2D eigenvalue weighted by Crippen LogP contribution is 2.26. The number of nitrogens with zero attached hydrogens (tertiary/aromatic N) is 1. The van der Waals surface area contributed by atoms with Crippen molar-refractivity contribution in [3.8, 4) is 0 Å². The van der Waals surface area contributed by atoms with E-state index >= 15 is 0 Å². The molecule has 1 aliphatic heterocycles. The van der Waals surface area contributed by atoms with E-state index in [9.17, 15) is 17.6 Å². The van der Waals surface area contributed by atoms with E-state index in [1.807, 2.05) is 0 Å². The molecular weight excluding hydrogens is 391 g/mol. The van der Waals surface area contributed by atoms with Crippen molar-refractivity contribution in [3.05, 3.63) is 64.9 Å². The van der Waals surface area contributed by atoms with Crippen molar-refractivity contribution < 1.29 is 17.6 Å². The van der Waals surface area contributed by atoms with Crippen LogP contribution in [0.25, 0.3) is 0 Å². The topological polar surface area (TPSA) is 66.5 Å². The second kappa shape index (κ2) is 8.37. The zero-order chi connectivity index (χ0) is 19.4. The van der Waals surface area contributed by atoms with Crippen LogP contribution >= 0.6 is 11.6 Å². The Morgan fingerprint density at radius 2 is 1.85 bits per heavy atom. The minimum Gasteiger partial charge on any atom is -0.351 e. The third kappa shape index (κ3) is 4.48. The molecule has 27 heavy (non-hydrogen) atoms. The van der Waals surface area contributed by atoms with Gasteiger partial charge in [-0.05, 0) is 43.2 Å². The second-order valence-electron chi connectivity index (χ2n) is 6.39. The first-order valence-corrected chi connectivity index (χ1v) is 10.5. The van der Waals surface area contributed by atoms with Crippen molar-refractivity contribution in [2.75, 3.05) is 6.54 Å². The molecule has 1 amide bonds. The molecular formula is C19H20ClFN2O3S. The van der Waals surface area contributed by atoms with Gasteiger partial charge in [-0.25, -0.2) is 12.8 Å². The molecule has 0 aromatic heterocycles. The van der Waals surface area contributed by atoms with E-state index in [1.165, 1.54) is 34.6 Å². The Hall–Kier alpha value is -1.96. The number of nitrogens with one attached hydrogen (secondary N) is 1. The molecule has 1 aliphatic rings. The lowest BCUT2D eigenvalue weighted by molar-refractivity contribution is -0.125. The molecule has 0 unspecified atom stereocenters. The largest absolute Gasteiger partial charge is 0.351 e. The molecule has 2 aromatic rings. The zero-order valence-electron chi connectivity index (χ0n) is 14.6. The standard InChI is InChI=1S/C19H20ClFN2O3S/c20-15-8-10-16(11-9-15)27(25,26)23-12-4-3-7-18(23)19(24)22-13-14-5-1-2-6-17(14)21/h1-2,5-6,8-11,18H,3-4,7,12-13H2,(H,22,24)/t18-/m0/s1. The maximum absolute atomic E-state index is 13.7. The Labute approximate surface area is 163 Å². The fourth-order valence-electron chi connectivity index (χ4n) is 3.14. The monoisotopic (exact) mass is 410 g/mol. The first-order valence-electron chi connectivity index (χ1n) is 8.68. The Balaban J connectivity index is 1.77. The van der Waals surface area contributed by atoms with Crippen LogP contribution in [0.1, 0.15) is 24.8 Å². The third-order valence-corrected chi connectivity index (χ3v) is 6.76. The van der Waals surface area contributed by atoms with E-state index in [4.69, 9.17) is 11.6 Å². The average Bonchev–Trinajstić information content (AvgIpc) is 2.67. The molecule has 0 saturated carbocycles. The number of hydrogen-bond acceptors (Lipinski definition) is 3. The van der Waals surface area contributed by atoms with Gasteiger partial charge in [-0.15, -0.1) is 0 Å². The lowest BCUT2D eigenvalue weighted by Crippen LogP contribution is -2.51. The van der Waals surface area contributed by atoms with Crippen molar-refractivity contribution in [2.24, 2.45) is 0 Å². The van der Waals surface area contributed by atoms with Crippen LogP contribution in [-0.4, -0.2) is 31.2 Å². The maximum Gasteiger partial charge on any atom is 0.243 e. The van der Waals surface area contributed by atoms with Gasteiger partial charge < -0.3 is 5.32 Å². The summed E-state index contributed by atoms with van der Waals surface area (Å²) in [4.78, 5) is 12.8. The summed E-state index contributed by atoms with van der Waals surface area (Å²) < 4.78 is 40.9. The van der Waals surface area contributed by atoms with E-state index in [2.05, 4.69) is 5.32 Å². The molecule has 144 valence electrons. The van der Waals surface area contributed by atoms with Crippen molar-refractivity contribution in [2.45, 2.75) is 36.7 Å². The lowest BCUT2D eigenvalue weighted by Gasteiger charge is -2.33. The highest BCUT2D eigenvalue weighted by molar-refractivity contribution is 7.89. The van der Waals surface area contributed by atoms with Gasteiger partial charge in [0.1, 0.15) is 11.9 Å². The molecule has 1 heterocycles. The van der Waals surface area contributed by atoms with Crippen molar-refractivity contribution >= 4 is 27.5 Å². The van der Waals surface area contributed by atoms with Gasteiger partial charge in [0.2, 0.25) is 15.9 Å². The highest BCUT2D eigenvalue weighted by atomic mass is 35.5. The van der Waals surface area contributed by atoms with Crippen molar-refractivity contribution in [3.63, 3.8) is 0 Å². The fraction of sp³-hybridized carbons (Fsp3) is 0.316. The Kier molecular flexibility index (Phi) is 6.14. The predicted molar refractivity (Wildman–Crippen MR) is 101 cm³/mol. The van der Waals surface area contributed by atoms with Gasteiger partial charge in [-0.2, -0.15) is 4.31 Å². The smallest absolute Gasteiger partial charge is 0.243 e. The zero-order valence-corrected chi connectivity index (χ0v) is 16.1. The van der Waals surface area contributed by atoms with E-state index in [-0.39, 0.29) is 18.0 Å². The summed E-state index contributed by atoms with van der Waals surface area (Å²) in [5.41, 5.74) is 0.355. The first-order chi connectivity index (χ1) is 12.9. The van der Waals surface area contributed by atoms with Crippen molar-refractivity contribution in [1.82, 2.24) is 9.62 Å². The molecule has 5 nitrogen and oxygen atoms in total. The Morgan fingerprint density at radius 3 is 2.56 bits per heavy atom. The van der Waals surface area contributed by atoms with Crippen LogP contribution in [0.4, 0.5) is 4.39 Å². The van der Waals surface area contributed by atoms with Crippen LogP contribution in [0, 0.1) is 5.82 Å². The van der Waals surface area contributed by atoms with E-state index < -0.39 is 27.8 Å². The summed E-state index contributed by atoms with van der Waals surface area (Å²) in [7, 11) is -3.82. The maximum atomic E-state index is 13.7. The van der Waals surface area contributed by atoms with E-state index in [0.29, 0.717) is 23.4 Å². The second-order valence-corrected chi connectivity index (χ2v) is 8.72. The van der Waals surface area contributed by atoms with Gasteiger partial charge in [-0.3, -0.25) is 4.79 Å². The van der Waals surface area contributed by atoms with Crippen molar-refractivity contribution in [1.29, 1.82) is 0 Å². The number of halogens is 2. The first kappa shape index (κ1) is 19.8. The van der Waals surface area contributed by atoms with Crippen LogP contribution < -0.4 is 5.32 Å². The quantitative estimate of drug-likeness (QED) is 0.822. The third-order valence-electron chi connectivity index (χ3n) is 4.59. The minimum absolute atomic E-state index is 0.0108. The van der Waals surface area contributed by atoms with Gasteiger partial charge in [0.15, 0.2) is 0 Å². The van der Waals surface area contributed by atoms with E-state index in [0.717, 1.165) is 6.42 Å². The molecule has 0 bridgehead atoms. The molecule has 8 heteroatoms. The molecule has 3 rings (SSSR count). The van der Waals surface area contributed by atoms with Crippen LogP contribution in [0.5, 0.6) is 0 Å². The summed E-state index contributed by atoms with van der Waals surface area (Å²) in [5.74, 6) is -0.831. The van der Waals surface area contributed by atoms with Gasteiger partial charge in [0.25, 0.3) is 0 Å². The number of amides is 1. The Morgan fingerprint density at radius 1 is 1.15 bits per heavy atom. The fourth-order valence-corrected chi connectivity index (χ4v) is 4.92. The van der Waals surface area contributed by atoms with Crippen LogP contribution in [0.2, 0.25) is 5.02 Å². The van der Waals surface area contributed by atoms with Crippen LogP contribution in [0.3, 0.4) is 0 Å². The molecule has 0 aliphatic carbocycles. The molecule has 2 aromatic carbocycles. The predicted octanol–water partition coefficient (Wildman–Crippen LogP) is 3.34. The summed E-state index contributed by atoms with van der Waals surface area (Å²) in [6.45, 7) is 0.277. The number of hydrogen-bond donors (Lipinski definition) is 1. The molecule has 1 fully saturated rings. The van der Waals surface area contributed by atoms with Gasteiger partial charge in [0.05, 0.1) is 4.90 Å². The Bertz CT molecular complexity index is 919. The minimum atomic E-state index is -3.82. The number of piperidine rings is 1. The number of carbonyl (C=O) groups is 1. The number of sulfonamides is 1. The van der Waals surface area contributed by atoms with Gasteiger partial charge in [0, 0.05) is 23.7 Å². The molecule has 1 saturated heterocycles. The molecule has 0 spiro atoms. The number of benzene rings is 2. The summed E-state index contributed by atoms with van der Waals surface area (Å²) in [6, 6.07) is 11.2. The number of carbonyl (C=O) groups excluding carboxylic acids is 1. The van der Waals surface area contributed by atoms with Gasteiger partial charge >= 0.3 is 0 Å². The van der Waals surface area contributed by atoms with Crippen LogP contribution in [0.15, 0.2) is 53.4 Å². The molecule has 1 N–H and O–H groups in total. The van der Waals surface area contributed by atoms with E-state index in [1.54, 1.807) is 18.2 Å². The number of rotatable bonds is 5. The lowest BCUT2D eigenvalue weighted by atomic mass is 10.0. The van der Waals surface area contributed by atoms with Crippen LogP contribution in [-0.2, 0) is 21.4 Å². The highest BCUT2D eigenvalue weighted by Gasteiger charge is 2.37. The summed E-state index contributed by atoms with van der Waals surface area (Å²) in [6.07, 6.45) is 1.87.